The van der Waals surface area contributed by atoms with Crippen LogP contribution < -0.4 is 11.1 Å². The van der Waals surface area contributed by atoms with Crippen molar-refractivity contribution in [2.45, 2.75) is 32.6 Å². The zero-order valence-corrected chi connectivity index (χ0v) is 11.2. The van der Waals surface area contributed by atoms with E-state index >= 15 is 0 Å². The van der Waals surface area contributed by atoms with Crippen molar-refractivity contribution in [3.8, 4) is 0 Å². The topological polar surface area (TPSA) is 80.9 Å². The van der Waals surface area contributed by atoms with Gasteiger partial charge in [-0.15, -0.1) is 12.4 Å². The van der Waals surface area contributed by atoms with Crippen molar-refractivity contribution in [1.82, 2.24) is 9.36 Å². The second kappa shape index (κ2) is 6.12. The second-order valence-corrected chi connectivity index (χ2v) is 5.01. The lowest BCUT2D eigenvalue weighted by molar-refractivity contribution is -0.116. The first-order valence-electron chi connectivity index (χ1n) is 4.77. The van der Waals surface area contributed by atoms with Gasteiger partial charge in [-0.1, -0.05) is 20.8 Å². The molecule has 0 spiro atoms. The van der Waals surface area contributed by atoms with E-state index in [0.717, 1.165) is 5.82 Å². The zero-order valence-electron chi connectivity index (χ0n) is 9.61. The first-order valence-corrected chi connectivity index (χ1v) is 5.55. The molecule has 1 amide bonds. The van der Waals surface area contributed by atoms with Crippen LogP contribution >= 0.6 is 23.9 Å². The maximum atomic E-state index is 11.2. The molecule has 5 nitrogen and oxygen atoms in total. The van der Waals surface area contributed by atoms with Crippen LogP contribution in [-0.2, 0) is 10.2 Å². The van der Waals surface area contributed by atoms with Gasteiger partial charge in [0.2, 0.25) is 11.0 Å². The highest BCUT2D eigenvalue weighted by Gasteiger charge is 2.19. The van der Waals surface area contributed by atoms with Crippen LogP contribution in [0.1, 0.15) is 33.0 Å². The highest BCUT2D eigenvalue weighted by Crippen LogP contribution is 2.22. The average molecular weight is 265 g/mol. The number of carbonyl (C=O) groups excluding carboxylic acids is 1. The summed E-state index contributed by atoms with van der Waals surface area (Å²) in [5.41, 5.74) is 5.17. The third kappa shape index (κ3) is 4.42. The molecule has 0 bridgehead atoms. The number of rotatable bonds is 3. The summed E-state index contributed by atoms with van der Waals surface area (Å²) in [7, 11) is 0. The number of nitrogens with one attached hydrogen (secondary N) is 1. The minimum Gasteiger partial charge on any atom is -0.330 e. The number of carbonyl (C=O) groups is 1. The minimum absolute atomic E-state index is 0. The predicted octanol–water partition coefficient (Wildman–Crippen LogP) is 1.54. The van der Waals surface area contributed by atoms with E-state index < -0.39 is 0 Å². The monoisotopic (exact) mass is 264 g/mol. The molecular formula is C9H17ClN4OS. The Balaban J connectivity index is 0.00000225. The van der Waals surface area contributed by atoms with Crippen molar-refractivity contribution in [3.63, 3.8) is 0 Å². The number of amides is 1. The fourth-order valence-corrected chi connectivity index (χ4v) is 1.67. The van der Waals surface area contributed by atoms with Gasteiger partial charge in [-0.2, -0.15) is 4.37 Å². The number of anilines is 1. The van der Waals surface area contributed by atoms with Crippen molar-refractivity contribution in [3.05, 3.63) is 5.82 Å². The molecule has 0 aromatic carbocycles. The molecule has 3 N–H and O–H groups in total. The van der Waals surface area contributed by atoms with E-state index in [-0.39, 0.29) is 23.7 Å². The van der Waals surface area contributed by atoms with Gasteiger partial charge in [-0.3, -0.25) is 4.79 Å². The van der Waals surface area contributed by atoms with E-state index in [4.69, 9.17) is 5.73 Å². The van der Waals surface area contributed by atoms with Crippen LogP contribution in [-0.4, -0.2) is 21.8 Å². The van der Waals surface area contributed by atoms with E-state index in [2.05, 4.69) is 14.7 Å². The quantitative estimate of drug-likeness (QED) is 0.868. The Kier molecular flexibility index (Phi) is 5.85. The van der Waals surface area contributed by atoms with Gasteiger partial charge in [0.1, 0.15) is 5.82 Å². The summed E-state index contributed by atoms with van der Waals surface area (Å²) in [4.78, 5) is 15.5. The van der Waals surface area contributed by atoms with Crippen LogP contribution in [0.4, 0.5) is 5.13 Å². The fourth-order valence-electron chi connectivity index (χ4n) is 0.892. The molecule has 1 rings (SSSR count). The Morgan fingerprint density at radius 3 is 2.56 bits per heavy atom. The van der Waals surface area contributed by atoms with Gasteiger partial charge in [0.05, 0.1) is 0 Å². The van der Waals surface area contributed by atoms with Crippen LogP contribution in [0.2, 0.25) is 0 Å². The Hall–Kier alpha value is -0.720. The van der Waals surface area contributed by atoms with Crippen molar-refractivity contribution in [2.75, 3.05) is 11.9 Å². The molecule has 0 atom stereocenters. The molecule has 1 heterocycles. The third-order valence-corrected chi connectivity index (χ3v) is 2.35. The van der Waals surface area contributed by atoms with E-state index in [9.17, 15) is 4.79 Å². The maximum Gasteiger partial charge on any atom is 0.227 e. The van der Waals surface area contributed by atoms with Crippen LogP contribution in [0.5, 0.6) is 0 Å². The van der Waals surface area contributed by atoms with E-state index in [1.165, 1.54) is 11.5 Å². The lowest BCUT2D eigenvalue weighted by Gasteiger charge is -2.12. The number of nitrogens with zero attached hydrogens (tertiary/aromatic N) is 2. The van der Waals surface area contributed by atoms with Crippen molar-refractivity contribution in [1.29, 1.82) is 0 Å². The molecule has 0 saturated carbocycles. The second-order valence-electron chi connectivity index (χ2n) is 4.26. The highest BCUT2D eigenvalue weighted by molar-refractivity contribution is 7.09. The summed E-state index contributed by atoms with van der Waals surface area (Å²) < 4.78 is 4.19. The van der Waals surface area contributed by atoms with Gasteiger partial charge >= 0.3 is 0 Å². The number of hydrogen-bond acceptors (Lipinski definition) is 5. The highest BCUT2D eigenvalue weighted by atomic mass is 35.5. The van der Waals surface area contributed by atoms with Crippen molar-refractivity contribution < 1.29 is 4.79 Å². The zero-order chi connectivity index (χ0) is 11.5. The predicted molar refractivity (Wildman–Crippen MR) is 68.2 cm³/mol. The first kappa shape index (κ1) is 15.3. The SMILES string of the molecule is CC(C)(C)c1nsc(NC(=O)CCN)n1.Cl. The summed E-state index contributed by atoms with van der Waals surface area (Å²) in [6, 6.07) is 0. The molecule has 1 aromatic rings. The standard InChI is InChI=1S/C9H16N4OS.ClH/c1-9(2,3)7-12-8(15-13-7)11-6(14)4-5-10;/h4-5,10H2,1-3H3,(H,11,12,13,14);1H. The normalized spacial score (nSPS) is 10.8. The molecule has 0 aliphatic heterocycles. The summed E-state index contributed by atoms with van der Waals surface area (Å²) in [5, 5.41) is 3.20. The van der Waals surface area contributed by atoms with E-state index in [1.807, 2.05) is 20.8 Å². The Morgan fingerprint density at radius 2 is 2.12 bits per heavy atom. The molecule has 0 aliphatic rings. The largest absolute Gasteiger partial charge is 0.330 e. The van der Waals surface area contributed by atoms with Crippen LogP contribution in [0.25, 0.3) is 0 Å². The molecular weight excluding hydrogens is 248 g/mol. The van der Waals surface area contributed by atoms with Gasteiger partial charge < -0.3 is 11.1 Å². The minimum atomic E-state index is -0.117. The van der Waals surface area contributed by atoms with Crippen LogP contribution in [0.15, 0.2) is 0 Å². The van der Waals surface area contributed by atoms with Gasteiger partial charge in [0.15, 0.2) is 0 Å². The first-order chi connectivity index (χ1) is 6.93. The lowest BCUT2D eigenvalue weighted by Crippen LogP contribution is -2.17. The molecule has 92 valence electrons. The fraction of sp³-hybridized carbons (Fsp3) is 0.667. The van der Waals surface area contributed by atoms with E-state index in [1.54, 1.807) is 0 Å². The van der Waals surface area contributed by atoms with Gasteiger partial charge in [0, 0.05) is 29.9 Å². The molecule has 0 unspecified atom stereocenters. The summed E-state index contributed by atoms with van der Waals surface area (Å²) in [6.07, 6.45) is 0.310. The molecule has 1 aromatic heterocycles. The Morgan fingerprint density at radius 1 is 1.50 bits per heavy atom. The van der Waals surface area contributed by atoms with Gasteiger partial charge in [0.25, 0.3) is 0 Å². The summed E-state index contributed by atoms with van der Waals surface area (Å²) in [5.74, 6) is 0.629. The molecule has 0 saturated heterocycles. The number of hydrogen-bond donors (Lipinski definition) is 2. The molecule has 7 heteroatoms. The van der Waals surface area contributed by atoms with Gasteiger partial charge in [-0.25, -0.2) is 4.98 Å². The smallest absolute Gasteiger partial charge is 0.227 e. The van der Waals surface area contributed by atoms with Crippen molar-refractivity contribution in [2.24, 2.45) is 5.73 Å². The lowest BCUT2D eigenvalue weighted by atomic mass is 9.96. The number of aromatic nitrogens is 2. The molecule has 0 fully saturated rings. The summed E-state index contributed by atoms with van der Waals surface area (Å²) in [6.45, 7) is 6.43. The van der Waals surface area contributed by atoms with Gasteiger partial charge in [-0.05, 0) is 0 Å². The Bertz CT molecular complexity index is 348. The Labute approximate surface area is 105 Å². The average Bonchev–Trinajstić information content (AvgIpc) is 2.52. The van der Waals surface area contributed by atoms with Crippen molar-refractivity contribution >= 4 is 35.0 Å². The van der Waals surface area contributed by atoms with Crippen LogP contribution in [0, 0.1) is 0 Å². The van der Waals surface area contributed by atoms with E-state index in [0.29, 0.717) is 18.1 Å². The third-order valence-electron chi connectivity index (χ3n) is 1.71. The van der Waals surface area contributed by atoms with Crippen LogP contribution in [0.3, 0.4) is 0 Å². The molecule has 0 aliphatic carbocycles. The molecule has 0 radical (unpaired) electrons. The number of nitrogens with two attached hydrogens (primary N) is 1. The maximum absolute atomic E-state index is 11.2. The number of halogens is 1. The molecule has 16 heavy (non-hydrogen) atoms. The summed E-state index contributed by atoms with van der Waals surface area (Å²) >= 11 is 1.20.